The lowest BCUT2D eigenvalue weighted by Crippen LogP contribution is -2.04. The van der Waals surface area contributed by atoms with Gasteiger partial charge in [-0.2, -0.15) is 0 Å². The maximum atomic E-state index is 5.69. The molecule has 2 nitrogen and oxygen atoms in total. The Kier molecular flexibility index (Phi) is 2.29. The van der Waals surface area contributed by atoms with E-state index in [1.54, 1.807) is 0 Å². The van der Waals surface area contributed by atoms with E-state index < -0.39 is 0 Å². The molecule has 3 rings (SSSR count). The molecule has 17 heavy (non-hydrogen) atoms. The number of ether oxygens (including phenoxy) is 2. The van der Waals surface area contributed by atoms with Crippen molar-refractivity contribution in [1.82, 2.24) is 0 Å². The molecule has 2 aromatic rings. The summed E-state index contributed by atoms with van der Waals surface area (Å²) < 4.78 is 11.4. The second kappa shape index (κ2) is 3.81. The zero-order chi connectivity index (χ0) is 11.8. The lowest BCUT2D eigenvalue weighted by atomic mass is 9.99. The molecule has 0 amide bonds. The quantitative estimate of drug-likeness (QED) is 0.682. The normalized spacial score (nSPS) is 12.8. The molecule has 1 aliphatic rings. The summed E-state index contributed by atoms with van der Waals surface area (Å²) in [5.74, 6) is 1.86. The van der Waals surface area contributed by atoms with Gasteiger partial charge in [0, 0.05) is 11.1 Å². The van der Waals surface area contributed by atoms with Gasteiger partial charge in [-0.3, -0.25) is 0 Å². The van der Waals surface area contributed by atoms with Gasteiger partial charge in [-0.25, -0.2) is 0 Å². The summed E-state index contributed by atoms with van der Waals surface area (Å²) in [5.41, 5.74) is 4.50. The van der Waals surface area contributed by atoms with Crippen LogP contribution in [0.1, 0.15) is 11.1 Å². The van der Waals surface area contributed by atoms with Gasteiger partial charge in [0.2, 0.25) is 6.79 Å². The summed E-state index contributed by atoms with van der Waals surface area (Å²) in [6, 6.07) is 12.4. The van der Waals surface area contributed by atoms with Crippen LogP contribution in [-0.2, 0) is 0 Å². The highest BCUT2D eigenvalue weighted by Gasteiger charge is 2.18. The molecule has 0 saturated heterocycles. The van der Waals surface area contributed by atoms with Crippen LogP contribution in [0, 0.1) is 13.8 Å². The van der Waals surface area contributed by atoms with Crippen LogP contribution in [0.2, 0.25) is 0 Å². The minimum atomic E-state index is 0.274. The Bertz CT molecular complexity index is 522. The van der Waals surface area contributed by atoms with Crippen LogP contribution in [0.4, 0.5) is 0 Å². The van der Waals surface area contributed by atoms with Crippen LogP contribution in [-0.4, -0.2) is 6.79 Å². The topological polar surface area (TPSA) is 18.5 Å². The molecular weight excluding hydrogens is 212 g/mol. The number of para-hydroxylation sites is 2. The molecule has 0 N–H and O–H groups in total. The largest absolute Gasteiger partial charge is 0.457 e. The van der Waals surface area contributed by atoms with Crippen LogP contribution in [0.25, 0.3) is 11.1 Å². The van der Waals surface area contributed by atoms with Gasteiger partial charge in [-0.15, -0.1) is 0 Å². The third-order valence-electron chi connectivity index (χ3n) is 3.12. The van der Waals surface area contributed by atoms with Crippen molar-refractivity contribution in [1.29, 1.82) is 0 Å². The van der Waals surface area contributed by atoms with Crippen molar-refractivity contribution in [3.05, 3.63) is 47.5 Å². The number of hydrogen-bond acceptors (Lipinski definition) is 2. The Hall–Kier alpha value is -1.96. The van der Waals surface area contributed by atoms with Gasteiger partial charge in [-0.05, 0) is 25.0 Å². The molecule has 0 radical (unpaired) electrons. The Morgan fingerprint density at radius 3 is 1.71 bits per heavy atom. The van der Waals surface area contributed by atoms with Crippen LogP contribution in [0.15, 0.2) is 36.4 Å². The zero-order valence-electron chi connectivity index (χ0n) is 9.99. The van der Waals surface area contributed by atoms with Crippen LogP contribution >= 0.6 is 0 Å². The average Bonchev–Trinajstić information content (AvgIpc) is 2.51. The maximum Gasteiger partial charge on any atom is 0.230 e. The Morgan fingerprint density at radius 2 is 1.24 bits per heavy atom. The minimum absolute atomic E-state index is 0.274. The van der Waals surface area contributed by atoms with Crippen molar-refractivity contribution in [2.24, 2.45) is 0 Å². The van der Waals surface area contributed by atoms with Gasteiger partial charge in [0.1, 0.15) is 11.5 Å². The second-order valence-electron chi connectivity index (χ2n) is 4.31. The first-order valence-electron chi connectivity index (χ1n) is 5.72. The molecule has 1 heterocycles. The molecule has 0 aromatic heterocycles. The van der Waals surface area contributed by atoms with E-state index in [0.29, 0.717) is 0 Å². The number of benzene rings is 2. The minimum Gasteiger partial charge on any atom is -0.457 e. The molecule has 0 saturated carbocycles. The molecule has 0 aliphatic carbocycles. The second-order valence-corrected chi connectivity index (χ2v) is 4.31. The van der Waals surface area contributed by atoms with Crippen molar-refractivity contribution in [3.8, 4) is 22.6 Å². The Labute approximate surface area is 101 Å². The lowest BCUT2D eigenvalue weighted by Gasteiger charge is -2.09. The number of rotatable bonds is 0. The Morgan fingerprint density at radius 1 is 0.765 bits per heavy atom. The molecule has 0 unspecified atom stereocenters. The van der Waals surface area contributed by atoms with Gasteiger partial charge >= 0.3 is 0 Å². The Balaban J connectivity index is 2.32. The van der Waals surface area contributed by atoms with Crippen molar-refractivity contribution in [2.45, 2.75) is 13.8 Å². The molecular formula is C15H14O2. The first-order chi connectivity index (χ1) is 8.27. The number of hydrogen-bond donors (Lipinski definition) is 0. The first kappa shape index (κ1) is 10.2. The van der Waals surface area contributed by atoms with Crippen molar-refractivity contribution >= 4 is 0 Å². The van der Waals surface area contributed by atoms with Crippen molar-refractivity contribution < 1.29 is 9.47 Å². The van der Waals surface area contributed by atoms with Crippen molar-refractivity contribution in [2.75, 3.05) is 6.79 Å². The highest BCUT2D eigenvalue weighted by atomic mass is 16.7. The van der Waals surface area contributed by atoms with E-state index in [-0.39, 0.29) is 6.79 Å². The summed E-state index contributed by atoms with van der Waals surface area (Å²) in [7, 11) is 0. The number of aryl methyl sites for hydroxylation is 2. The maximum absolute atomic E-state index is 5.69. The summed E-state index contributed by atoms with van der Waals surface area (Å²) in [4.78, 5) is 0. The molecule has 2 aromatic carbocycles. The summed E-state index contributed by atoms with van der Waals surface area (Å²) >= 11 is 0. The van der Waals surface area contributed by atoms with Gasteiger partial charge in [0.05, 0.1) is 0 Å². The van der Waals surface area contributed by atoms with Gasteiger partial charge in [0.25, 0.3) is 0 Å². The summed E-state index contributed by atoms with van der Waals surface area (Å²) in [6.07, 6.45) is 0. The van der Waals surface area contributed by atoms with Crippen LogP contribution < -0.4 is 9.47 Å². The third kappa shape index (κ3) is 1.57. The van der Waals surface area contributed by atoms with E-state index in [0.717, 1.165) is 33.8 Å². The molecule has 0 atom stereocenters. The van der Waals surface area contributed by atoms with E-state index in [1.807, 2.05) is 0 Å². The molecule has 1 aliphatic heterocycles. The molecule has 0 fully saturated rings. The highest BCUT2D eigenvalue weighted by Crippen LogP contribution is 2.41. The van der Waals surface area contributed by atoms with Gasteiger partial charge in [-0.1, -0.05) is 36.4 Å². The van der Waals surface area contributed by atoms with Gasteiger partial charge < -0.3 is 9.47 Å². The average molecular weight is 226 g/mol. The predicted molar refractivity (Wildman–Crippen MR) is 67.5 cm³/mol. The fourth-order valence-corrected chi connectivity index (χ4v) is 2.26. The van der Waals surface area contributed by atoms with E-state index in [9.17, 15) is 0 Å². The SMILES string of the molecule is Cc1cccc2c1OCOc1c(C)cccc1-2. The van der Waals surface area contributed by atoms with Gasteiger partial charge in [0.15, 0.2) is 0 Å². The predicted octanol–water partition coefficient (Wildman–Crippen LogP) is 3.70. The van der Waals surface area contributed by atoms with E-state index in [2.05, 4.69) is 50.2 Å². The summed E-state index contributed by atoms with van der Waals surface area (Å²) in [5, 5.41) is 0. The lowest BCUT2D eigenvalue weighted by molar-refractivity contribution is 0.123. The smallest absolute Gasteiger partial charge is 0.230 e. The molecule has 86 valence electrons. The molecule has 0 spiro atoms. The van der Waals surface area contributed by atoms with E-state index in [1.165, 1.54) is 0 Å². The third-order valence-corrected chi connectivity index (χ3v) is 3.12. The fourth-order valence-electron chi connectivity index (χ4n) is 2.26. The van der Waals surface area contributed by atoms with E-state index >= 15 is 0 Å². The molecule has 0 bridgehead atoms. The van der Waals surface area contributed by atoms with Crippen molar-refractivity contribution in [3.63, 3.8) is 0 Å². The highest BCUT2D eigenvalue weighted by molar-refractivity contribution is 5.78. The van der Waals surface area contributed by atoms with E-state index in [4.69, 9.17) is 9.47 Å². The molecule has 2 heteroatoms. The van der Waals surface area contributed by atoms with Crippen LogP contribution in [0.3, 0.4) is 0 Å². The number of fused-ring (bicyclic) bond motifs is 3. The first-order valence-corrected chi connectivity index (χ1v) is 5.72. The monoisotopic (exact) mass is 226 g/mol. The van der Waals surface area contributed by atoms with Crippen LogP contribution in [0.5, 0.6) is 11.5 Å². The zero-order valence-corrected chi connectivity index (χ0v) is 9.99. The standard InChI is InChI=1S/C15H14O2/c1-10-5-3-7-12-13-8-4-6-11(2)15(13)17-9-16-14(10)12/h3-8H,9H2,1-2H3. The summed E-state index contributed by atoms with van der Waals surface area (Å²) in [6.45, 7) is 4.38. The fraction of sp³-hybridized carbons (Fsp3) is 0.200.